The van der Waals surface area contributed by atoms with Crippen molar-refractivity contribution in [1.82, 2.24) is 19.6 Å². The molecule has 4 rings (SSSR count). The highest BCUT2D eigenvalue weighted by Crippen LogP contribution is 2.29. The number of imidazole rings is 1. The van der Waals surface area contributed by atoms with Gasteiger partial charge in [0.15, 0.2) is 0 Å². The molecule has 4 aromatic rings. The fourth-order valence-electron chi connectivity index (χ4n) is 2.55. The van der Waals surface area contributed by atoms with Crippen LogP contribution >= 0.6 is 27.7 Å². The van der Waals surface area contributed by atoms with Crippen LogP contribution in [0.25, 0.3) is 17.2 Å². The minimum Gasteiger partial charge on any atom is -0.410 e. The number of hydrogen-bond donors (Lipinski definition) is 0. The number of aromatic nitrogens is 4. The molecule has 0 aliphatic heterocycles. The number of aryl methyl sites for hydroxylation is 1. The molecular formula is C17H11BrF2N4OS. The van der Waals surface area contributed by atoms with E-state index in [0.29, 0.717) is 11.6 Å². The average molecular weight is 437 g/mol. The number of rotatable bonds is 4. The van der Waals surface area contributed by atoms with Gasteiger partial charge < -0.3 is 4.42 Å². The van der Waals surface area contributed by atoms with E-state index >= 15 is 0 Å². The van der Waals surface area contributed by atoms with Gasteiger partial charge in [-0.25, -0.2) is 13.8 Å². The Hall–Kier alpha value is -2.26. The van der Waals surface area contributed by atoms with Gasteiger partial charge in [0, 0.05) is 22.0 Å². The number of hydrogen-bond acceptors (Lipinski definition) is 5. The molecule has 0 unspecified atom stereocenters. The third-order valence-electron chi connectivity index (χ3n) is 3.72. The monoisotopic (exact) mass is 436 g/mol. The molecule has 9 heteroatoms. The first-order chi connectivity index (χ1) is 12.5. The van der Waals surface area contributed by atoms with Crippen LogP contribution in [0.3, 0.4) is 0 Å². The number of halogens is 3. The third-order valence-corrected chi connectivity index (χ3v) is 5.06. The first-order valence-corrected chi connectivity index (χ1v) is 9.34. The van der Waals surface area contributed by atoms with E-state index < -0.39 is 11.6 Å². The van der Waals surface area contributed by atoms with Crippen LogP contribution < -0.4 is 0 Å². The van der Waals surface area contributed by atoms with Crippen molar-refractivity contribution in [1.29, 1.82) is 0 Å². The van der Waals surface area contributed by atoms with Crippen LogP contribution in [0.5, 0.6) is 0 Å². The molecule has 3 heterocycles. The fourth-order valence-corrected chi connectivity index (χ4v) is 3.62. The van der Waals surface area contributed by atoms with Gasteiger partial charge in [-0.1, -0.05) is 11.8 Å². The molecule has 0 aliphatic carbocycles. The Labute approximate surface area is 159 Å². The molecule has 0 aliphatic rings. The number of nitrogens with zero attached hydrogens (tertiary/aromatic N) is 4. The second-order valence-electron chi connectivity index (χ2n) is 5.52. The lowest BCUT2D eigenvalue weighted by Crippen LogP contribution is -1.89. The summed E-state index contributed by atoms with van der Waals surface area (Å²) in [4.78, 5) is 4.47. The van der Waals surface area contributed by atoms with Gasteiger partial charge in [0.05, 0.1) is 5.69 Å². The van der Waals surface area contributed by atoms with Crippen LogP contribution in [0.1, 0.15) is 11.3 Å². The summed E-state index contributed by atoms with van der Waals surface area (Å²) < 4.78 is 35.4. The lowest BCUT2D eigenvalue weighted by molar-refractivity contribution is 0.463. The van der Waals surface area contributed by atoms with Gasteiger partial charge in [-0.3, -0.25) is 4.40 Å². The molecule has 0 saturated heterocycles. The summed E-state index contributed by atoms with van der Waals surface area (Å²) >= 11 is 4.57. The second-order valence-corrected chi connectivity index (χ2v) is 7.36. The molecule has 26 heavy (non-hydrogen) atoms. The molecule has 0 spiro atoms. The number of fused-ring (bicyclic) bond motifs is 1. The Kier molecular flexibility index (Phi) is 4.49. The lowest BCUT2D eigenvalue weighted by Gasteiger charge is -2.01. The summed E-state index contributed by atoms with van der Waals surface area (Å²) in [5.41, 5.74) is 2.44. The standard InChI is InChI=1S/C17H11BrF2N4OS/c1-9-15(24-7-11(18)2-5-14(24)21-9)16-22-23-17(25-16)26-8-10-6-12(19)3-4-13(10)20/h2-7H,8H2,1H3. The van der Waals surface area contributed by atoms with Crippen molar-refractivity contribution < 1.29 is 13.2 Å². The molecular weight excluding hydrogens is 426 g/mol. The summed E-state index contributed by atoms with van der Waals surface area (Å²) in [6.07, 6.45) is 1.86. The highest BCUT2D eigenvalue weighted by Gasteiger charge is 2.18. The average Bonchev–Trinajstić information content (AvgIpc) is 3.18. The van der Waals surface area contributed by atoms with Gasteiger partial charge >= 0.3 is 0 Å². The molecule has 0 fully saturated rings. The molecule has 0 amide bonds. The maximum Gasteiger partial charge on any atom is 0.277 e. The molecule has 5 nitrogen and oxygen atoms in total. The molecule has 1 aromatic carbocycles. The van der Waals surface area contributed by atoms with Crippen LogP contribution in [0, 0.1) is 18.6 Å². The summed E-state index contributed by atoms with van der Waals surface area (Å²) in [5.74, 6) is -0.459. The van der Waals surface area contributed by atoms with Crippen molar-refractivity contribution in [3.8, 4) is 11.6 Å². The van der Waals surface area contributed by atoms with Crippen molar-refractivity contribution >= 4 is 33.3 Å². The van der Waals surface area contributed by atoms with E-state index in [4.69, 9.17) is 4.42 Å². The van der Waals surface area contributed by atoms with Crippen molar-refractivity contribution in [2.45, 2.75) is 17.9 Å². The summed E-state index contributed by atoms with van der Waals surface area (Å²) in [6, 6.07) is 7.11. The first-order valence-electron chi connectivity index (χ1n) is 7.56. The van der Waals surface area contributed by atoms with Crippen molar-refractivity contribution in [2.24, 2.45) is 0 Å². The second kappa shape index (κ2) is 6.81. The topological polar surface area (TPSA) is 56.2 Å². The Balaban J connectivity index is 1.62. The highest BCUT2D eigenvalue weighted by atomic mass is 79.9. The quantitative estimate of drug-likeness (QED) is 0.420. The lowest BCUT2D eigenvalue weighted by atomic mass is 10.2. The zero-order valence-corrected chi connectivity index (χ0v) is 15.8. The molecule has 0 atom stereocenters. The Morgan fingerprint density at radius 2 is 2.04 bits per heavy atom. The minimum atomic E-state index is -0.486. The highest BCUT2D eigenvalue weighted by molar-refractivity contribution is 9.10. The van der Waals surface area contributed by atoms with Crippen molar-refractivity contribution in [3.63, 3.8) is 0 Å². The van der Waals surface area contributed by atoms with E-state index in [2.05, 4.69) is 31.1 Å². The zero-order chi connectivity index (χ0) is 18.3. The predicted molar refractivity (Wildman–Crippen MR) is 96.8 cm³/mol. The van der Waals surface area contributed by atoms with E-state index in [-0.39, 0.29) is 16.5 Å². The molecule has 0 N–H and O–H groups in total. The van der Waals surface area contributed by atoms with Gasteiger partial charge in [-0.05, 0) is 53.2 Å². The first kappa shape index (κ1) is 17.2. The van der Waals surface area contributed by atoms with E-state index in [0.717, 1.165) is 45.8 Å². The van der Waals surface area contributed by atoms with E-state index in [1.54, 1.807) is 0 Å². The number of pyridine rings is 1. The molecule has 0 saturated carbocycles. The van der Waals surface area contributed by atoms with Crippen LogP contribution in [0.2, 0.25) is 0 Å². The maximum atomic E-state index is 13.7. The molecule has 0 radical (unpaired) electrons. The summed E-state index contributed by atoms with van der Waals surface area (Å²) in [5, 5.41) is 8.33. The zero-order valence-electron chi connectivity index (χ0n) is 13.4. The minimum absolute atomic E-state index is 0.183. The van der Waals surface area contributed by atoms with Gasteiger partial charge in [-0.15, -0.1) is 10.2 Å². The summed E-state index contributed by atoms with van der Waals surface area (Å²) in [7, 11) is 0. The van der Waals surface area contributed by atoms with Crippen LogP contribution in [-0.2, 0) is 5.75 Å². The smallest absolute Gasteiger partial charge is 0.277 e. The van der Waals surface area contributed by atoms with E-state index in [1.165, 1.54) is 0 Å². The number of thioether (sulfide) groups is 1. The van der Waals surface area contributed by atoms with E-state index in [9.17, 15) is 8.78 Å². The predicted octanol–water partition coefficient (Wildman–Crippen LogP) is 5.03. The largest absolute Gasteiger partial charge is 0.410 e. The molecule has 3 aromatic heterocycles. The Bertz CT molecular complexity index is 1110. The van der Waals surface area contributed by atoms with Gasteiger partial charge in [0.2, 0.25) is 0 Å². The Morgan fingerprint density at radius 3 is 2.88 bits per heavy atom. The SMILES string of the molecule is Cc1nc2ccc(Br)cn2c1-c1nnc(SCc2cc(F)ccc2F)o1. The summed E-state index contributed by atoms with van der Waals surface area (Å²) in [6.45, 7) is 1.86. The maximum absolute atomic E-state index is 13.7. The van der Waals surface area contributed by atoms with Gasteiger partial charge in [-0.2, -0.15) is 0 Å². The Morgan fingerprint density at radius 1 is 1.19 bits per heavy atom. The third kappa shape index (κ3) is 3.24. The molecule has 0 bridgehead atoms. The fraction of sp³-hybridized carbons (Fsp3) is 0.118. The normalized spacial score (nSPS) is 11.4. The van der Waals surface area contributed by atoms with Crippen LogP contribution in [-0.4, -0.2) is 19.6 Å². The van der Waals surface area contributed by atoms with Gasteiger partial charge in [0.1, 0.15) is 23.0 Å². The van der Waals surface area contributed by atoms with Gasteiger partial charge in [0.25, 0.3) is 11.1 Å². The number of benzene rings is 1. The molecule has 132 valence electrons. The van der Waals surface area contributed by atoms with Crippen molar-refractivity contribution in [3.05, 3.63) is 63.9 Å². The van der Waals surface area contributed by atoms with E-state index in [1.807, 2.05) is 29.7 Å². The van der Waals surface area contributed by atoms with Crippen molar-refractivity contribution in [2.75, 3.05) is 0 Å². The van der Waals surface area contributed by atoms with Crippen LogP contribution in [0.15, 0.2) is 50.6 Å². The van der Waals surface area contributed by atoms with Crippen LogP contribution in [0.4, 0.5) is 8.78 Å².